The molecule has 8 unspecified atom stereocenters. The van der Waals surface area contributed by atoms with E-state index in [1.54, 1.807) is 32.9 Å². The maximum atomic E-state index is 12.6. The molecule has 4 aliphatic heterocycles. The van der Waals surface area contributed by atoms with Gasteiger partial charge in [-0.15, -0.1) is 0 Å². The minimum absolute atomic E-state index is 0.227. The van der Waals surface area contributed by atoms with Crippen molar-refractivity contribution in [3.05, 3.63) is 24.3 Å². The zero-order chi connectivity index (χ0) is 69.0. The summed E-state index contributed by atoms with van der Waals surface area (Å²) in [6.45, 7) is 6.08. The van der Waals surface area contributed by atoms with E-state index in [-0.39, 0.29) is 6.61 Å². The van der Waals surface area contributed by atoms with Gasteiger partial charge >= 0.3 is 6.09 Å². The number of amides is 1. The standard InChI is InChI=1S/C35H65NO14.C30H57NO12/c1-5-6-7-8-9-10-11-12-13-14-15-16-17-18-23(39)22(36-34(45)50-35(2,3)4)21-46-32-30(44)28(42)31(25(20-38)48-32)49-33-29(43)27(41)26(40)24(19-37)47-33;1-2-3-4-5-6-7-8-9-10-11-12-13-14-15-20(34)19(31)18-40-29-27(39)25(37)28(22(17-33)42-29)43-30-26(38)24(36)23(35)21(16-32)41-30/h17-18,22-33,37-44H,5-16,19-21H2,1-4H3,(H,36,45);14-15,19-30,32-39H,2-13,16-18,31H2,1H3/b18-17+;15-14+/t22-,23+,24?,25?,26-,27-,28+,29?,30?,31+,32+,33-;19-,20+,21?,22?,23-,24-,25+,26?,27?,28+,29+,30-/m00/s1. The second-order valence-electron chi connectivity index (χ2n) is 26.1. The highest BCUT2D eigenvalue weighted by atomic mass is 16.8. The fourth-order valence-corrected chi connectivity index (χ4v) is 11.2. The second-order valence-corrected chi connectivity index (χ2v) is 26.1. The minimum Gasteiger partial charge on any atom is -0.444 e. The van der Waals surface area contributed by atoms with Crippen LogP contribution < -0.4 is 11.1 Å². The monoisotopic (exact) mass is 1350 g/mol. The molecule has 19 N–H and O–H groups in total. The largest absolute Gasteiger partial charge is 0.444 e. The van der Waals surface area contributed by atoms with Gasteiger partial charge in [-0.3, -0.25) is 0 Å². The van der Waals surface area contributed by atoms with E-state index in [2.05, 4.69) is 19.2 Å². The van der Waals surface area contributed by atoms with Crippen molar-refractivity contribution in [3.8, 4) is 0 Å². The number of allylic oxidation sites excluding steroid dienone is 2. The van der Waals surface area contributed by atoms with Gasteiger partial charge in [0.05, 0.1) is 63.9 Å². The number of unbranched alkanes of at least 4 members (excludes halogenated alkanes) is 22. The normalized spacial score (nSPS) is 33.3. The maximum Gasteiger partial charge on any atom is 0.408 e. The Kier molecular flexibility index (Phi) is 42.9. The molecule has 28 heteroatoms. The summed E-state index contributed by atoms with van der Waals surface area (Å²) in [7, 11) is 0. The smallest absolute Gasteiger partial charge is 0.408 e. The molecule has 1 amide bonds. The van der Waals surface area contributed by atoms with Crippen molar-refractivity contribution in [2.24, 2.45) is 5.73 Å². The molecule has 0 bridgehead atoms. The van der Waals surface area contributed by atoms with Gasteiger partial charge in [-0.25, -0.2) is 4.79 Å². The van der Waals surface area contributed by atoms with Gasteiger partial charge < -0.3 is 135 Å². The fourth-order valence-electron chi connectivity index (χ4n) is 11.2. The third-order valence-electron chi connectivity index (χ3n) is 17.0. The number of nitrogens with two attached hydrogens (primary N) is 1. The summed E-state index contributed by atoms with van der Waals surface area (Å²) in [4.78, 5) is 12.6. The Bertz CT molecular complexity index is 1960. The molecule has 4 fully saturated rings. The number of alkyl carbamates (subject to hydrolysis) is 1. The molecule has 4 rings (SSSR count). The van der Waals surface area contributed by atoms with Crippen LogP contribution in [0.4, 0.5) is 4.79 Å². The summed E-state index contributed by atoms with van der Waals surface area (Å²) in [5.41, 5.74) is 5.22. The minimum atomic E-state index is -1.80. The quantitative estimate of drug-likeness (QED) is 0.0295. The summed E-state index contributed by atoms with van der Waals surface area (Å²) in [5.74, 6) is 0. The summed E-state index contributed by atoms with van der Waals surface area (Å²) < 4.78 is 49.5. The van der Waals surface area contributed by atoms with Crippen molar-refractivity contribution in [1.82, 2.24) is 5.32 Å². The molecule has 24 atom stereocenters. The molecule has 4 saturated heterocycles. The number of carbonyl (C=O) groups excluding carboxylic acids is 1. The Balaban J connectivity index is 0.000000491. The van der Waals surface area contributed by atoms with Crippen LogP contribution in [0.25, 0.3) is 0 Å². The first-order chi connectivity index (χ1) is 44.4. The van der Waals surface area contributed by atoms with Crippen LogP contribution in [-0.2, 0) is 42.6 Å². The predicted molar refractivity (Wildman–Crippen MR) is 338 cm³/mol. The lowest BCUT2D eigenvalue weighted by Gasteiger charge is -2.46. The molecule has 0 saturated carbocycles. The number of carbonyl (C=O) groups is 1. The van der Waals surface area contributed by atoms with E-state index in [0.29, 0.717) is 0 Å². The number of hydrogen-bond acceptors (Lipinski definition) is 27. The van der Waals surface area contributed by atoms with Crippen molar-refractivity contribution in [1.29, 1.82) is 0 Å². The first-order valence-electron chi connectivity index (χ1n) is 34.2. The molecule has 4 heterocycles. The number of nitrogens with one attached hydrogen (secondary N) is 1. The zero-order valence-corrected chi connectivity index (χ0v) is 55.7. The molecular weight excluding hydrogens is 1220 g/mol. The van der Waals surface area contributed by atoms with E-state index >= 15 is 0 Å². The first-order valence-corrected chi connectivity index (χ1v) is 34.2. The fraction of sp³-hybridized carbons (Fsp3) is 0.923. The molecule has 0 aromatic carbocycles. The van der Waals surface area contributed by atoms with Gasteiger partial charge in [0.1, 0.15) is 103 Å². The van der Waals surface area contributed by atoms with Crippen molar-refractivity contribution in [2.45, 2.75) is 341 Å². The number of aliphatic hydroxyl groups is 16. The number of aliphatic hydroxyl groups excluding tert-OH is 16. The van der Waals surface area contributed by atoms with Crippen molar-refractivity contribution in [2.75, 3.05) is 39.6 Å². The molecule has 548 valence electrons. The highest BCUT2D eigenvalue weighted by Crippen LogP contribution is 2.32. The van der Waals surface area contributed by atoms with Gasteiger partial charge in [0.15, 0.2) is 25.2 Å². The van der Waals surface area contributed by atoms with E-state index in [9.17, 15) is 86.5 Å². The highest BCUT2D eigenvalue weighted by Gasteiger charge is 2.53. The molecule has 4 aliphatic rings. The van der Waals surface area contributed by atoms with Gasteiger partial charge in [-0.2, -0.15) is 0 Å². The van der Waals surface area contributed by atoms with Crippen LogP contribution in [0.1, 0.15) is 189 Å². The summed E-state index contributed by atoms with van der Waals surface area (Å²) in [6.07, 6.45) is 1.26. The van der Waals surface area contributed by atoms with E-state index < -0.39 is 192 Å². The summed E-state index contributed by atoms with van der Waals surface area (Å²) >= 11 is 0. The lowest BCUT2D eigenvalue weighted by Crippen LogP contribution is -2.65. The molecule has 0 aromatic heterocycles. The average molecular weight is 1350 g/mol. The van der Waals surface area contributed by atoms with Gasteiger partial charge in [-0.05, 0) is 46.5 Å². The van der Waals surface area contributed by atoms with Crippen LogP contribution in [0.15, 0.2) is 24.3 Å². The van der Waals surface area contributed by atoms with Crippen LogP contribution >= 0.6 is 0 Å². The van der Waals surface area contributed by atoms with E-state index in [1.165, 1.54) is 109 Å². The Morgan fingerprint density at radius 3 is 1.12 bits per heavy atom. The molecule has 0 aromatic rings. The van der Waals surface area contributed by atoms with Crippen molar-refractivity contribution < 1.29 is 129 Å². The summed E-state index contributed by atoms with van der Waals surface area (Å²) in [6, 6.07) is -1.90. The van der Waals surface area contributed by atoms with Crippen LogP contribution in [0, 0.1) is 0 Å². The summed E-state index contributed by atoms with van der Waals surface area (Å²) in [5, 5.41) is 166. The topological polar surface area (TPSA) is 462 Å². The van der Waals surface area contributed by atoms with Crippen LogP contribution in [0.2, 0.25) is 0 Å². The van der Waals surface area contributed by atoms with Crippen molar-refractivity contribution in [3.63, 3.8) is 0 Å². The lowest BCUT2D eigenvalue weighted by atomic mass is 9.97. The molecular formula is C65H122N2O26. The van der Waals surface area contributed by atoms with E-state index in [4.69, 9.17) is 48.4 Å². The predicted octanol–water partition coefficient (Wildman–Crippen LogP) is 0.711. The molecule has 0 spiro atoms. The first kappa shape index (κ1) is 85.0. The number of hydrogen-bond donors (Lipinski definition) is 18. The number of rotatable bonds is 43. The average Bonchev–Trinajstić information content (AvgIpc) is 0.833. The molecule has 28 nitrogen and oxygen atoms in total. The SMILES string of the molecule is CCCCCCCCCCCCC/C=C/[C@@H](O)[C@@H](N)CO[C@@H]1OC(CO)[C@@H](O[C@@H]2OC(CO)[C@H](O)[C@H](O)C2O)[C@H](O)C1O.CCCCCCCCCCCCC/C=C/[C@@H](O)[C@H](CO[C@@H]1OC(CO)[C@@H](O[C@@H]2OC(CO)[C@H](O)[C@H](O)C2O)[C@H](O)C1O)NC(=O)OC(C)(C)C. The molecule has 0 radical (unpaired) electrons. The third-order valence-corrected chi connectivity index (χ3v) is 17.0. The third kappa shape index (κ3) is 30.4. The molecule has 0 aliphatic carbocycles. The van der Waals surface area contributed by atoms with Crippen LogP contribution in [0.5, 0.6) is 0 Å². The Labute approximate surface area is 549 Å². The van der Waals surface area contributed by atoms with Gasteiger partial charge in [0.2, 0.25) is 0 Å². The van der Waals surface area contributed by atoms with E-state index in [1.807, 2.05) is 12.2 Å². The van der Waals surface area contributed by atoms with Crippen LogP contribution in [0.3, 0.4) is 0 Å². The van der Waals surface area contributed by atoms with Gasteiger partial charge in [-0.1, -0.05) is 167 Å². The van der Waals surface area contributed by atoms with Gasteiger partial charge in [0.25, 0.3) is 0 Å². The maximum absolute atomic E-state index is 12.6. The number of ether oxygens (including phenoxy) is 9. The molecule has 93 heavy (non-hydrogen) atoms. The van der Waals surface area contributed by atoms with E-state index in [0.717, 1.165) is 44.9 Å². The Morgan fingerprint density at radius 1 is 0.441 bits per heavy atom. The van der Waals surface area contributed by atoms with Crippen LogP contribution in [-0.4, -0.2) is 280 Å². The Hall–Kier alpha value is -2.25. The van der Waals surface area contributed by atoms with Gasteiger partial charge in [0, 0.05) is 0 Å². The lowest BCUT2D eigenvalue weighted by molar-refractivity contribution is -0.359. The zero-order valence-electron chi connectivity index (χ0n) is 55.7. The van der Waals surface area contributed by atoms with Crippen molar-refractivity contribution >= 4 is 6.09 Å². The highest BCUT2D eigenvalue weighted by molar-refractivity contribution is 5.68. The Morgan fingerprint density at radius 2 is 0.763 bits per heavy atom. The second kappa shape index (κ2) is 46.9.